The third kappa shape index (κ3) is 3.85. The molecular formula is C17H12ClN5O2S2. The molecule has 0 spiro atoms. The molecule has 0 aliphatic carbocycles. The number of benzene rings is 2. The Labute approximate surface area is 164 Å². The molecule has 0 bridgehead atoms. The fourth-order valence-electron chi connectivity index (χ4n) is 2.45. The number of hydrogen-bond acceptors (Lipinski definition) is 7. The molecule has 4 rings (SSSR count). The van der Waals surface area contributed by atoms with Crippen LogP contribution in [0.4, 0.5) is 16.6 Å². The fraction of sp³-hybridized carbons (Fsp3) is 0. The van der Waals surface area contributed by atoms with Crippen molar-refractivity contribution in [2.75, 3.05) is 10.0 Å². The standard InChI is InChI=1S/C17H12ClN5O2S2/c18-16-21-14-4-2-1-3-13(14)15(22-16)20-11-5-7-12(8-6-11)27(24,25)23-17-19-9-10-26-17/h1-10H,(H,19,23)(H,20,21,22). The number of nitrogens with one attached hydrogen (secondary N) is 2. The summed E-state index contributed by atoms with van der Waals surface area (Å²) in [6.45, 7) is 0. The van der Waals surface area contributed by atoms with Crippen molar-refractivity contribution < 1.29 is 8.42 Å². The van der Waals surface area contributed by atoms with Gasteiger partial charge in [-0.3, -0.25) is 4.72 Å². The summed E-state index contributed by atoms with van der Waals surface area (Å²) in [6.07, 6.45) is 1.53. The van der Waals surface area contributed by atoms with E-state index in [1.165, 1.54) is 29.7 Å². The van der Waals surface area contributed by atoms with Crippen molar-refractivity contribution in [3.63, 3.8) is 0 Å². The van der Waals surface area contributed by atoms with Gasteiger partial charge in [-0.2, -0.15) is 4.98 Å². The third-order valence-corrected chi connectivity index (χ3v) is 6.00. The van der Waals surface area contributed by atoms with Crippen LogP contribution in [0.5, 0.6) is 0 Å². The summed E-state index contributed by atoms with van der Waals surface area (Å²) in [5.74, 6) is 0.544. The highest BCUT2D eigenvalue weighted by Crippen LogP contribution is 2.26. The molecule has 2 aromatic carbocycles. The summed E-state index contributed by atoms with van der Waals surface area (Å²) in [7, 11) is -3.69. The van der Waals surface area contributed by atoms with Crippen LogP contribution in [0.3, 0.4) is 0 Å². The molecule has 0 atom stereocenters. The molecule has 0 amide bonds. The molecule has 2 aromatic heterocycles. The molecule has 7 nitrogen and oxygen atoms in total. The minimum Gasteiger partial charge on any atom is -0.340 e. The Hall–Kier alpha value is -2.75. The second-order valence-corrected chi connectivity index (χ2v) is 8.37. The van der Waals surface area contributed by atoms with E-state index in [0.717, 1.165) is 5.39 Å². The van der Waals surface area contributed by atoms with E-state index in [1.54, 1.807) is 17.5 Å². The van der Waals surface area contributed by atoms with Crippen LogP contribution < -0.4 is 10.0 Å². The molecule has 27 heavy (non-hydrogen) atoms. The van der Waals surface area contributed by atoms with Crippen LogP contribution in [0.1, 0.15) is 0 Å². The first-order valence-corrected chi connectivity index (χ1v) is 10.5. The lowest BCUT2D eigenvalue weighted by molar-refractivity contribution is 0.601. The van der Waals surface area contributed by atoms with E-state index >= 15 is 0 Å². The predicted molar refractivity (Wildman–Crippen MR) is 107 cm³/mol. The second kappa shape index (κ2) is 7.10. The molecule has 0 aliphatic rings. The van der Waals surface area contributed by atoms with Crippen LogP contribution in [0.25, 0.3) is 10.9 Å². The van der Waals surface area contributed by atoms with Crippen molar-refractivity contribution in [1.29, 1.82) is 0 Å². The third-order valence-electron chi connectivity index (χ3n) is 3.66. The number of para-hydroxylation sites is 1. The van der Waals surface area contributed by atoms with Crippen molar-refractivity contribution in [1.82, 2.24) is 15.0 Å². The van der Waals surface area contributed by atoms with Gasteiger partial charge in [-0.15, -0.1) is 11.3 Å². The van der Waals surface area contributed by atoms with E-state index in [2.05, 4.69) is 25.0 Å². The van der Waals surface area contributed by atoms with Crippen LogP contribution in [0.2, 0.25) is 5.28 Å². The van der Waals surface area contributed by atoms with Crippen molar-refractivity contribution in [2.24, 2.45) is 0 Å². The van der Waals surface area contributed by atoms with Gasteiger partial charge in [-0.05, 0) is 48.0 Å². The van der Waals surface area contributed by atoms with E-state index < -0.39 is 10.0 Å². The van der Waals surface area contributed by atoms with Crippen LogP contribution in [-0.2, 0) is 10.0 Å². The summed E-state index contributed by atoms with van der Waals surface area (Å²) in [6, 6.07) is 13.8. The molecule has 0 fully saturated rings. The first-order chi connectivity index (χ1) is 13.0. The van der Waals surface area contributed by atoms with Crippen molar-refractivity contribution in [3.05, 3.63) is 65.4 Å². The Morgan fingerprint density at radius 3 is 2.52 bits per heavy atom. The maximum Gasteiger partial charge on any atom is 0.263 e. The van der Waals surface area contributed by atoms with Gasteiger partial charge < -0.3 is 5.32 Å². The van der Waals surface area contributed by atoms with E-state index in [4.69, 9.17) is 11.6 Å². The molecule has 0 radical (unpaired) electrons. The number of anilines is 3. The normalized spacial score (nSPS) is 11.4. The number of rotatable bonds is 5. The Balaban J connectivity index is 1.60. The first-order valence-electron chi connectivity index (χ1n) is 7.73. The Morgan fingerprint density at radius 2 is 1.78 bits per heavy atom. The summed E-state index contributed by atoms with van der Waals surface area (Å²) < 4.78 is 27.2. The summed E-state index contributed by atoms with van der Waals surface area (Å²) in [5, 5.41) is 6.10. The summed E-state index contributed by atoms with van der Waals surface area (Å²) in [5.41, 5.74) is 1.38. The van der Waals surface area contributed by atoms with E-state index in [0.29, 0.717) is 22.2 Å². The van der Waals surface area contributed by atoms with Gasteiger partial charge in [0, 0.05) is 22.7 Å². The zero-order valence-corrected chi connectivity index (χ0v) is 16.0. The minimum absolute atomic E-state index is 0.128. The summed E-state index contributed by atoms with van der Waals surface area (Å²) >= 11 is 7.20. The smallest absolute Gasteiger partial charge is 0.263 e. The molecule has 4 aromatic rings. The number of halogens is 1. The quantitative estimate of drug-likeness (QED) is 0.470. The lowest BCUT2D eigenvalue weighted by Crippen LogP contribution is -2.12. The Bertz CT molecular complexity index is 1200. The van der Waals surface area contributed by atoms with Crippen LogP contribution in [0.15, 0.2) is 65.0 Å². The van der Waals surface area contributed by atoms with Gasteiger partial charge in [0.2, 0.25) is 5.28 Å². The number of aromatic nitrogens is 3. The number of hydrogen-bond donors (Lipinski definition) is 2. The maximum atomic E-state index is 12.4. The lowest BCUT2D eigenvalue weighted by atomic mass is 10.2. The average Bonchev–Trinajstić information content (AvgIpc) is 3.14. The highest BCUT2D eigenvalue weighted by molar-refractivity contribution is 7.93. The Kier molecular flexibility index (Phi) is 4.65. The number of sulfonamides is 1. The summed E-state index contributed by atoms with van der Waals surface area (Å²) in [4.78, 5) is 12.5. The van der Waals surface area contributed by atoms with Gasteiger partial charge in [-0.1, -0.05) is 12.1 Å². The highest BCUT2D eigenvalue weighted by Gasteiger charge is 2.15. The first kappa shape index (κ1) is 17.7. The largest absolute Gasteiger partial charge is 0.340 e. The Morgan fingerprint density at radius 1 is 1.00 bits per heavy atom. The van der Waals surface area contributed by atoms with Crippen LogP contribution >= 0.6 is 22.9 Å². The zero-order valence-electron chi connectivity index (χ0n) is 13.6. The van der Waals surface area contributed by atoms with Crippen LogP contribution in [-0.4, -0.2) is 23.4 Å². The topological polar surface area (TPSA) is 96.9 Å². The van der Waals surface area contributed by atoms with Gasteiger partial charge in [0.25, 0.3) is 10.0 Å². The minimum atomic E-state index is -3.69. The fourth-order valence-corrected chi connectivity index (χ4v) is 4.41. The number of fused-ring (bicyclic) bond motifs is 1. The van der Waals surface area contributed by atoms with E-state index in [1.807, 2.05) is 24.3 Å². The van der Waals surface area contributed by atoms with Gasteiger partial charge >= 0.3 is 0 Å². The van der Waals surface area contributed by atoms with E-state index in [9.17, 15) is 8.42 Å². The molecule has 2 heterocycles. The van der Waals surface area contributed by atoms with Crippen molar-refractivity contribution in [3.8, 4) is 0 Å². The molecule has 136 valence electrons. The molecule has 0 aliphatic heterocycles. The number of thiazole rings is 1. The van der Waals surface area contributed by atoms with Gasteiger partial charge in [0.1, 0.15) is 5.82 Å². The van der Waals surface area contributed by atoms with Gasteiger partial charge in [-0.25, -0.2) is 18.4 Å². The van der Waals surface area contributed by atoms with Gasteiger partial charge in [0.05, 0.1) is 10.4 Å². The molecule has 2 N–H and O–H groups in total. The molecule has 0 saturated carbocycles. The second-order valence-electron chi connectivity index (χ2n) is 5.45. The van der Waals surface area contributed by atoms with Gasteiger partial charge in [0.15, 0.2) is 5.13 Å². The average molecular weight is 418 g/mol. The monoisotopic (exact) mass is 417 g/mol. The SMILES string of the molecule is O=S(=O)(Nc1nccs1)c1ccc(Nc2nc(Cl)nc3ccccc23)cc1. The van der Waals surface area contributed by atoms with Crippen LogP contribution in [0, 0.1) is 0 Å². The van der Waals surface area contributed by atoms with Crippen molar-refractivity contribution in [2.45, 2.75) is 4.90 Å². The zero-order chi connectivity index (χ0) is 18.9. The highest BCUT2D eigenvalue weighted by atomic mass is 35.5. The molecule has 0 saturated heterocycles. The maximum absolute atomic E-state index is 12.4. The molecule has 0 unspecified atom stereocenters. The lowest BCUT2D eigenvalue weighted by Gasteiger charge is -2.10. The number of nitrogens with zero attached hydrogens (tertiary/aromatic N) is 3. The predicted octanol–water partition coefficient (Wildman–Crippen LogP) is 4.28. The molecule has 10 heteroatoms. The van der Waals surface area contributed by atoms with E-state index in [-0.39, 0.29) is 10.2 Å². The molecular weight excluding hydrogens is 406 g/mol. The van der Waals surface area contributed by atoms with Crippen molar-refractivity contribution >= 4 is 60.5 Å².